The lowest BCUT2D eigenvalue weighted by molar-refractivity contribution is 0.171. The van der Waals surface area contributed by atoms with E-state index in [1.165, 1.54) is 0 Å². The van der Waals surface area contributed by atoms with Gasteiger partial charge >= 0.3 is 0 Å². The Labute approximate surface area is 156 Å². The molecule has 1 aliphatic rings. The zero-order chi connectivity index (χ0) is 18.4. The quantitative estimate of drug-likeness (QED) is 0.572. The Hall–Kier alpha value is -3.41. The molecule has 1 aliphatic heterocycles. The molecule has 0 radical (unpaired) electrons. The van der Waals surface area contributed by atoms with Crippen molar-refractivity contribution >= 4 is 17.2 Å². The van der Waals surface area contributed by atoms with Crippen molar-refractivity contribution in [3.8, 4) is 23.0 Å². The van der Waals surface area contributed by atoms with Crippen LogP contribution < -0.4 is 14.8 Å². The van der Waals surface area contributed by atoms with Gasteiger partial charge in [0.05, 0.1) is 0 Å². The van der Waals surface area contributed by atoms with E-state index in [0.29, 0.717) is 13.2 Å². The minimum Gasteiger partial charge on any atom is -0.486 e. The molecule has 0 unspecified atom stereocenters. The maximum absolute atomic E-state index is 5.84. The largest absolute Gasteiger partial charge is 0.486 e. The smallest absolute Gasteiger partial charge is 0.163 e. The number of benzene rings is 1. The van der Waals surface area contributed by atoms with Crippen molar-refractivity contribution in [2.24, 2.45) is 0 Å². The van der Waals surface area contributed by atoms with Crippen molar-refractivity contribution in [1.29, 1.82) is 0 Å². The van der Waals surface area contributed by atoms with Gasteiger partial charge in [0.1, 0.15) is 36.1 Å². The Kier molecular flexibility index (Phi) is 3.57. The van der Waals surface area contributed by atoms with Crippen molar-refractivity contribution in [1.82, 2.24) is 9.38 Å². The molecule has 6 heteroatoms. The normalized spacial score (nSPS) is 13.1. The van der Waals surface area contributed by atoms with Gasteiger partial charge in [0.2, 0.25) is 0 Å². The molecule has 27 heavy (non-hydrogen) atoms. The summed E-state index contributed by atoms with van der Waals surface area (Å²) in [7, 11) is 0. The predicted octanol–water partition coefficient (Wildman–Crippen LogP) is 4.73. The SMILES string of the molecule is Cc1ccc2nc(-c3ccc(C)o3)c(Nc3ccc4c(c3)OCCO4)n2c1. The van der Waals surface area contributed by atoms with E-state index >= 15 is 0 Å². The van der Waals surface area contributed by atoms with Crippen LogP contribution in [0.2, 0.25) is 0 Å². The number of ether oxygens (including phenoxy) is 2. The minimum atomic E-state index is 0.558. The molecule has 0 aliphatic carbocycles. The highest BCUT2D eigenvalue weighted by atomic mass is 16.6. The number of hydrogen-bond donors (Lipinski definition) is 1. The number of rotatable bonds is 3. The Balaban J connectivity index is 1.63. The molecule has 0 amide bonds. The number of nitrogens with zero attached hydrogens (tertiary/aromatic N) is 2. The highest BCUT2D eigenvalue weighted by molar-refractivity contribution is 5.78. The maximum atomic E-state index is 5.84. The molecule has 4 heterocycles. The highest BCUT2D eigenvalue weighted by Gasteiger charge is 2.18. The van der Waals surface area contributed by atoms with Crippen LogP contribution in [0.3, 0.4) is 0 Å². The first-order valence-electron chi connectivity index (χ1n) is 8.89. The van der Waals surface area contributed by atoms with Crippen molar-refractivity contribution in [2.45, 2.75) is 13.8 Å². The highest BCUT2D eigenvalue weighted by Crippen LogP contribution is 2.36. The molecule has 0 spiro atoms. The van der Waals surface area contributed by atoms with E-state index in [4.69, 9.17) is 18.9 Å². The van der Waals surface area contributed by atoms with Gasteiger partial charge in [-0.2, -0.15) is 0 Å². The number of aryl methyl sites for hydroxylation is 2. The van der Waals surface area contributed by atoms with Crippen molar-refractivity contribution in [3.63, 3.8) is 0 Å². The summed E-state index contributed by atoms with van der Waals surface area (Å²) in [5.74, 6) is 3.94. The number of aromatic nitrogens is 2. The zero-order valence-corrected chi connectivity index (χ0v) is 15.2. The minimum absolute atomic E-state index is 0.558. The molecular weight excluding hydrogens is 342 g/mol. The molecule has 136 valence electrons. The Morgan fingerprint density at radius 3 is 2.63 bits per heavy atom. The van der Waals surface area contributed by atoms with E-state index in [2.05, 4.69) is 18.4 Å². The number of hydrogen-bond acceptors (Lipinski definition) is 5. The first-order valence-corrected chi connectivity index (χ1v) is 8.89. The first kappa shape index (κ1) is 15.8. The monoisotopic (exact) mass is 361 g/mol. The molecule has 0 fully saturated rings. The summed E-state index contributed by atoms with van der Waals surface area (Å²) in [5, 5.41) is 3.49. The van der Waals surface area contributed by atoms with Crippen LogP contribution in [0.25, 0.3) is 17.1 Å². The predicted molar refractivity (Wildman–Crippen MR) is 103 cm³/mol. The van der Waals surface area contributed by atoms with E-state index < -0.39 is 0 Å². The van der Waals surface area contributed by atoms with Crippen LogP contribution in [0.4, 0.5) is 11.5 Å². The standard InChI is InChI=1S/C21H19N3O3/c1-13-3-8-19-23-20(17-6-4-14(2)27-17)21(24(19)12-13)22-15-5-7-16-18(11-15)26-10-9-25-16/h3-8,11-12,22H,9-10H2,1-2H3. The number of pyridine rings is 1. The number of fused-ring (bicyclic) bond motifs is 2. The summed E-state index contributed by atoms with van der Waals surface area (Å²) in [4.78, 5) is 4.77. The fraction of sp³-hybridized carbons (Fsp3) is 0.190. The Morgan fingerprint density at radius 1 is 0.963 bits per heavy atom. The first-order chi connectivity index (χ1) is 13.2. The van der Waals surface area contributed by atoms with Crippen LogP contribution in [-0.2, 0) is 0 Å². The van der Waals surface area contributed by atoms with Gasteiger partial charge in [0.25, 0.3) is 0 Å². The summed E-state index contributed by atoms with van der Waals surface area (Å²) in [6, 6.07) is 13.8. The van der Waals surface area contributed by atoms with Crippen LogP contribution in [0.15, 0.2) is 53.1 Å². The molecule has 5 rings (SSSR count). The van der Waals surface area contributed by atoms with Gasteiger partial charge in [-0.15, -0.1) is 0 Å². The van der Waals surface area contributed by atoms with Gasteiger partial charge in [-0.25, -0.2) is 4.98 Å². The summed E-state index contributed by atoms with van der Waals surface area (Å²) < 4.78 is 19.2. The second-order valence-corrected chi connectivity index (χ2v) is 6.64. The van der Waals surface area contributed by atoms with E-state index in [1.54, 1.807) is 0 Å². The van der Waals surface area contributed by atoms with Crippen LogP contribution in [0, 0.1) is 13.8 Å². The lowest BCUT2D eigenvalue weighted by atomic mass is 10.2. The van der Waals surface area contributed by atoms with Gasteiger partial charge in [0, 0.05) is 18.0 Å². The van der Waals surface area contributed by atoms with E-state index in [-0.39, 0.29) is 0 Å². The van der Waals surface area contributed by atoms with Crippen LogP contribution in [0.1, 0.15) is 11.3 Å². The number of furan rings is 1. The summed E-state index contributed by atoms with van der Waals surface area (Å²) >= 11 is 0. The number of imidazole rings is 1. The number of nitrogens with one attached hydrogen (secondary N) is 1. The van der Waals surface area contributed by atoms with Gasteiger partial charge < -0.3 is 19.2 Å². The molecule has 1 aromatic carbocycles. The van der Waals surface area contributed by atoms with Crippen molar-refractivity contribution < 1.29 is 13.9 Å². The zero-order valence-electron chi connectivity index (χ0n) is 15.2. The van der Waals surface area contributed by atoms with Gasteiger partial charge in [-0.1, -0.05) is 6.07 Å². The molecular formula is C21H19N3O3. The third-order valence-corrected chi connectivity index (χ3v) is 4.55. The lowest BCUT2D eigenvalue weighted by Crippen LogP contribution is -2.15. The van der Waals surface area contributed by atoms with Crippen molar-refractivity contribution in [3.05, 3.63) is 60.0 Å². The molecule has 0 saturated carbocycles. The van der Waals surface area contributed by atoms with E-state index in [1.807, 2.05) is 53.8 Å². The topological polar surface area (TPSA) is 60.9 Å². The fourth-order valence-electron chi connectivity index (χ4n) is 3.26. The molecule has 0 bridgehead atoms. The fourth-order valence-corrected chi connectivity index (χ4v) is 3.26. The molecule has 6 nitrogen and oxygen atoms in total. The molecule has 0 saturated heterocycles. The van der Waals surface area contributed by atoms with Crippen molar-refractivity contribution in [2.75, 3.05) is 18.5 Å². The van der Waals surface area contributed by atoms with Gasteiger partial charge in [0.15, 0.2) is 17.3 Å². The third-order valence-electron chi connectivity index (χ3n) is 4.55. The molecule has 3 aromatic heterocycles. The van der Waals surface area contributed by atoms with Gasteiger partial charge in [-0.3, -0.25) is 4.40 Å². The van der Waals surface area contributed by atoms with E-state index in [0.717, 1.165) is 51.4 Å². The molecule has 4 aromatic rings. The van der Waals surface area contributed by atoms with Gasteiger partial charge in [-0.05, 0) is 49.7 Å². The van der Waals surface area contributed by atoms with Crippen LogP contribution in [0.5, 0.6) is 11.5 Å². The van der Waals surface area contributed by atoms with Crippen LogP contribution in [-0.4, -0.2) is 22.6 Å². The molecule has 0 atom stereocenters. The van der Waals surface area contributed by atoms with E-state index in [9.17, 15) is 0 Å². The maximum Gasteiger partial charge on any atom is 0.163 e. The lowest BCUT2D eigenvalue weighted by Gasteiger charge is -2.19. The number of anilines is 2. The second-order valence-electron chi connectivity index (χ2n) is 6.64. The summed E-state index contributed by atoms with van der Waals surface area (Å²) in [6.07, 6.45) is 2.06. The Morgan fingerprint density at radius 2 is 1.81 bits per heavy atom. The average molecular weight is 361 g/mol. The summed E-state index contributed by atoms with van der Waals surface area (Å²) in [5.41, 5.74) is 3.66. The third kappa shape index (κ3) is 2.79. The second kappa shape index (κ2) is 6.09. The average Bonchev–Trinajstić information content (AvgIpc) is 3.25. The molecule has 1 N–H and O–H groups in total. The summed E-state index contributed by atoms with van der Waals surface area (Å²) in [6.45, 7) is 5.12. The Bertz CT molecular complexity index is 1140. The van der Waals surface area contributed by atoms with Crippen LogP contribution >= 0.6 is 0 Å².